The number of nitrogens with one attached hydrogen (secondary N) is 1. The fourth-order valence-corrected chi connectivity index (χ4v) is 3.43. The lowest BCUT2D eigenvalue weighted by Gasteiger charge is -2.36. The first-order chi connectivity index (χ1) is 16.8. The van der Waals surface area contributed by atoms with Crippen LogP contribution in [-0.2, 0) is 4.79 Å². The van der Waals surface area contributed by atoms with E-state index in [1.807, 2.05) is 39.8 Å². The van der Waals surface area contributed by atoms with Crippen LogP contribution < -0.4 is 10.1 Å². The monoisotopic (exact) mass is 497 g/mol. The minimum Gasteiger partial charge on any atom is -0.481 e. The number of amides is 1. The number of hydrogen-bond acceptors (Lipinski definition) is 5. The highest BCUT2D eigenvalue weighted by Gasteiger charge is 2.36. The zero-order valence-electron chi connectivity index (χ0n) is 21.1. The van der Waals surface area contributed by atoms with Gasteiger partial charge in [-0.3, -0.25) is 9.59 Å². The van der Waals surface area contributed by atoms with Crippen LogP contribution in [0, 0.1) is 18.2 Å². The van der Waals surface area contributed by atoms with Gasteiger partial charge < -0.3 is 20.3 Å². The molecule has 0 aliphatic rings. The van der Waals surface area contributed by atoms with Crippen molar-refractivity contribution in [2.24, 2.45) is 5.41 Å². The van der Waals surface area contributed by atoms with Crippen LogP contribution in [-0.4, -0.2) is 44.1 Å². The highest BCUT2D eigenvalue weighted by Crippen LogP contribution is 2.31. The van der Waals surface area contributed by atoms with E-state index < -0.39 is 34.8 Å². The van der Waals surface area contributed by atoms with E-state index in [-0.39, 0.29) is 30.3 Å². The number of carboxylic acids is 1. The third-order valence-corrected chi connectivity index (χ3v) is 6.35. The van der Waals surface area contributed by atoms with Crippen LogP contribution in [0.3, 0.4) is 0 Å². The Morgan fingerprint density at radius 2 is 1.75 bits per heavy atom. The maximum Gasteiger partial charge on any atom is 0.305 e. The molecule has 0 spiro atoms. The number of carbonyl (C=O) groups excluding carboxylic acids is 1. The summed E-state index contributed by atoms with van der Waals surface area (Å²) in [5.74, 6) is -2.25. The van der Waals surface area contributed by atoms with Gasteiger partial charge in [0.1, 0.15) is 23.7 Å². The third kappa shape index (κ3) is 6.09. The van der Waals surface area contributed by atoms with Crippen molar-refractivity contribution in [1.29, 1.82) is 0 Å². The van der Waals surface area contributed by atoms with Crippen LogP contribution in [0.4, 0.5) is 4.39 Å². The summed E-state index contributed by atoms with van der Waals surface area (Å²) in [7, 11) is 0. The second-order valence-corrected chi connectivity index (χ2v) is 10.0. The maximum absolute atomic E-state index is 14.6. The summed E-state index contributed by atoms with van der Waals surface area (Å²) < 4.78 is 21.6. The van der Waals surface area contributed by atoms with Crippen molar-refractivity contribution in [2.75, 3.05) is 6.61 Å². The SMILES string of the molecule is Cc1ccccc1[C@H](CC(=O)O)NC(=O)c1cc(OC[C@@](C)(O)C(C)(C)C)n(-c2ccccc2F)n1. The van der Waals surface area contributed by atoms with E-state index in [0.29, 0.717) is 5.56 Å². The molecule has 3 N–H and O–H groups in total. The van der Waals surface area contributed by atoms with Gasteiger partial charge in [0.05, 0.1) is 12.5 Å². The second-order valence-electron chi connectivity index (χ2n) is 10.0. The molecule has 3 rings (SSSR count). The van der Waals surface area contributed by atoms with E-state index in [1.54, 1.807) is 25.1 Å². The topological polar surface area (TPSA) is 114 Å². The fraction of sp³-hybridized carbons (Fsp3) is 0.370. The number of carboxylic acid groups (broad SMARTS) is 1. The van der Waals surface area contributed by atoms with Crippen LogP contribution >= 0.6 is 0 Å². The lowest BCUT2D eigenvalue weighted by atomic mass is 9.78. The molecule has 9 heteroatoms. The van der Waals surface area contributed by atoms with Crippen LogP contribution in [0.25, 0.3) is 5.69 Å². The van der Waals surface area contributed by atoms with Crippen molar-refractivity contribution < 1.29 is 28.9 Å². The number of aryl methyl sites for hydroxylation is 1. The van der Waals surface area contributed by atoms with Gasteiger partial charge >= 0.3 is 5.97 Å². The van der Waals surface area contributed by atoms with Gasteiger partial charge in [0, 0.05) is 6.07 Å². The largest absolute Gasteiger partial charge is 0.481 e. The number of nitrogens with zero attached hydrogens (tertiary/aromatic N) is 2. The molecule has 8 nitrogen and oxygen atoms in total. The molecule has 3 aromatic rings. The third-order valence-electron chi connectivity index (χ3n) is 6.35. The molecule has 2 atom stereocenters. The van der Waals surface area contributed by atoms with Gasteiger partial charge in [-0.15, -0.1) is 0 Å². The molecule has 0 bridgehead atoms. The standard InChI is InChI=1S/C27H32FN3O5/c1-17-10-6-7-11-18(17)20(15-24(32)33)29-25(34)21-14-23(36-16-27(5,35)26(2,3)4)31(30-21)22-13-9-8-12-19(22)28/h6-14,20,35H,15-16H2,1-5H3,(H,29,34)(H,32,33)/t20-,27+/m0/s1. The van der Waals surface area contributed by atoms with Crippen molar-refractivity contribution in [2.45, 2.75) is 52.7 Å². The van der Waals surface area contributed by atoms with Crippen LogP contribution in [0.15, 0.2) is 54.6 Å². The molecule has 0 unspecified atom stereocenters. The summed E-state index contributed by atoms with van der Waals surface area (Å²) in [5, 5.41) is 27.2. The Hall–Kier alpha value is -3.72. The highest BCUT2D eigenvalue weighted by molar-refractivity contribution is 5.93. The number of aliphatic carboxylic acids is 1. The van der Waals surface area contributed by atoms with Gasteiger partial charge in [0.2, 0.25) is 5.88 Å². The summed E-state index contributed by atoms with van der Waals surface area (Å²) in [5.41, 5.74) is -0.297. The zero-order chi connectivity index (χ0) is 26.7. The lowest BCUT2D eigenvalue weighted by molar-refractivity contribution is -0.137. The molecule has 0 aliphatic heterocycles. The quantitative estimate of drug-likeness (QED) is 0.403. The molecule has 0 saturated carbocycles. The van der Waals surface area contributed by atoms with Gasteiger partial charge in [-0.25, -0.2) is 4.39 Å². The smallest absolute Gasteiger partial charge is 0.305 e. The molecule has 0 radical (unpaired) electrons. The zero-order valence-corrected chi connectivity index (χ0v) is 21.1. The van der Waals surface area contributed by atoms with Gasteiger partial charge in [-0.2, -0.15) is 9.78 Å². The van der Waals surface area contributed by atoms with E-state index in [1.165, 1.54) is 24.3 Å². The molecule has 2 aromatic carbocycles. The van der Waals surface area contributed by atoms with Crippen molar-refractivity contribution in [3.8, 4) is 11.6 Å². The Kier molecular flexibility index (Phi) is 7.83. The van der Waals surface area contributed by atoms with Crippen LogP contribution in [0.2, 0.25) is 0 Å². The number of rotatable bonds is 9. The van der Waals surface area contributed by atoms with Crippen molar-refractivity contribution >= 4 is 11.9 Å². The van der Waals surface area contributed by atoms with E-state index in [4.69, 9.17) is 4.74 Å². The predicted molar refractivity (Wildman–Crippen MR) is 133 cm³/mol. The van der Waals surface area contributed by atoms with Crippen molar-refractivity contribution in [3.63, 3.8) is 0 Å². The molecular formula is C27H32FN3O5. The minimum atomic E-state index is -1.24. The average molecular weight is 498 g/mol. The highest BCUT2D eigenvalue weighted by atomic mass is 19.1. The lowest BCUT2D eigenvalue weighted by Crippen LogP contribution is -2.45. The van der Waals surface area contributed by atoms with Crippen molar-refractivity contribution in [3.05, 3.63) is 77.2 Å². The first kappa shape index (κ1) is 26.9. The molecule has 36 heavy (non-hydrogen) atoms. The molecule has 0 fully saturated rings. The summed E-state index contributed by atoms with van der Waals surface area (Å²) in [6, 6.07) is 13.6. The molecule has 192 valence electrons. The molecule has 0 aliphatic carbocycles. The van der Waals surface area contributed by atoms with Crippen LogP contribution in [0.5, 0.6) is 5.88 Å². The number of benzene rings is 2. The first-order valence-corrected chi connectivity index (χ1v) is 11.6. The number of ether oxygens (including phenoxy) is 1. The number of halogens is 1. The number of hydrogen-bond donors (Lipinski definition) is 3. The number of aromatic nitrogens is 2. The van der Waals surface area contributed by atoms with Gasteiger partial charge in [-0.1, -0.05) is 57.2 Å². The molecule has 1 amide bonds. The van der Waals surface area contributed by atoms with Gasteiger partial charge in [-0.05, 0) is 42.5 Å². The Labute approximate surface area is 209 Å². The Morgan fingerprint density at radius 1 is 1.11 bits per heavy atom. The Balaban J connectivity index is 1.97. The second kappa shape index (κ2) is 10.5. The van der Waals surface area contributed by atoms with Gasteiger partial charge in [0.25, 0.3) is 5.91 Å². The van der Waals surface area contributed by atoms with Crippen molar-refractivity contribution in [1.82, 2.24) is 15.1 Å². The molecule has 1 aromatic heterocycles. The molecule has 0 saturated heterocycles. The maximum atomic E-state index is 14.6. The summed E-state index contributed by atoms with van der Waals surface area (Å²) in [6.45, 7) is 8.90. The number of para-hydroxylation sites is 1. The van der Waals surface area contributed by atoms with E-state index in [0.717, 1.165) is 10.2 Å². The normalized spacial score (nSPS) is 14.1. The first-order valence-electron chi connectivity index (χ1n) is 11.6. The van der Waals surface area contributed by atoms with E-state index >= 15 is 0 Å². The number of aliphatic hydroxyl groups is 1. The van der Waals surface area contributed by atoms with Gasteiger partial charge in [0.15, 0.2) is 5.69 Å². The fourth-order valence-electron chi connectivity index (χ4n) is 3.43. The molecule has 1 heterocycles. The van der Waals surface area contributed by atoms with E-state index in [9.17, 15) is 24.2 Å². The van der Waals surface area contributed by atoms with E-state index in [2.05, 4.69) is 10.4 Å². The summed E-state index contributed by atoms with van der Waals surface area (Å²) >= 11 is 0. The summed E-state index contributed by atoms with van der Waals surface area (Å²) in [4.78, 5) is 24.7. The molecular weight excluding hydrogens is 465 g/mol. The minimum absolute atomic E-state index is 0.0560. The van der Waals surface area contributed by atoms with Crippen LogP contribution in [0.1, 0.15) is 61.8 Å². The Bertz CT molecular complexity index is 1250. The summed E-state index contributed by atoms with van der Waals surface area (Å²) in [6.07, 6.45) is -0.331. The predicted octanol–water partition coefficient (Wildman–Crippen LogP) is 4.44. The number of carbonyl (C=O) groups is 2. The average Bonchev–Trinajstić information content (AvgIpc) is 3.21. The Morgan fingerprint density at radius 3 is 2.36 bits per heavy atom.